The fourth-order valence-electron chi connectivity index (χ4n) is 4.98. The van der Waals surface area contributed by atoms with E-state index in [4.69, 9.17) is 4.98 Å². The summed E-state index contributed by atoms with van der Waals surface area (Å²) in [7, 11) is 0. The van der Waals surface area contributed by atoms with Gasteiger partial charge in [-0.1, -0.05) is 44.9 Å². The minimum atomic E-state index is 0.967. The quantitative estimate of drug-likeness (QED) is 0.551. The lowest BCUT2D eigenvalue weighted by Gasteiger charge is -2.25. The maximum absolute atomic E-state index is 4.87. The van der Waals surface area contributed by atoms with Crippen molar-refractivity contribution in [1.29, 1.82) is 0 Å². The molecule has 0 spiro atoms. The Bertz CT molecular complexity index is 732. The standard InChI is InChI=1S/C23H36N4/c1-18-24-16-23(27(18)15-7-13-20-8-3-4-9-20)22-17-26(19(2)25-22)14-6-12-21-10-5-11-21/h16-17,20-21H,3-15H2,1-2H3. The monoisotopic (exact) mass is 368 g/mol. The second-order valence-corrected chi connectivity index (χ2v) is 8.94. The second kappa shape index (κ2) is 8.62. The van der Waals surface area contributed by atoms with Gasteiger partial charge in [0.15, 0.2) is 0 Å². The molecule has 0 bridgehead atoms. The zero-order valence-electron chi connectivity index (χ0n) is 17.3. The summed E-state index contributed by atoms with van der Waals surface area (Å²) in [6, 6.07) is 0. The minimum absolute atomic E-state index is 0.967. The van der Waals surface area contributed by atoms with Crippen molar-refractivity contribution in [3.05, 3.63) is 24.0 Å². The molecule has 4 nitrogen and oxygen atoms in total. The third kappa shape index (κ3) is 4.47. The van der Waals surface area contributed by atoms with Crippen molar-refractivity contribution >= 4 is 0 Å². The predicted molar refractivity (Wildman–Crippen MR) is 111 cm³/mol. The van der Waals surface area contributed by atoms with Crippen molar-refractivity contribution in [2.45, 2.75) is 97.6 Å². The zero-order chi connectivity index (χ0) is 18.6. The third-order valence-electron chi connectivity index (χ3n) is 7.00. The lowest BCUT2D eigenvalue weighted by molar-refractivity contribution is 0.284. The van der Waals surface area contributed by atoms with Crippen LogP contribution >= 0.6 is 0 Å². The fraction of sp³-hybridized carbons (Fsp3) is 0.739. The van der Waals surface area contributed by atoms with E-state index in [1.165, 1.54) is 76.3 Å². The van der Waals surface area contributed by atoms with Gasteiger partial charge in [0, 0.05) is 19.3 Å². The predicted octanol–water partition coefficient (Wildman–Crippen LogP) is 5.91. The van der Waals surface area contributed by atoms with Crippen LogP contribution in [0.3, 0.4) is 0 Å². The SMILES string of the molecule is Cc1nc(-c2cnc(C)n2CCCC2CCCC2)cn1CCCC1CCC1. The molecule has 0 saturated heterocycles. The Morgan fingerprint density at radius 3 is 2.22 bits per heavy atom. The number of hydrogen-bond acceptors (Lipinski definition) is 2. The first-order valence-electron chi connectivity index (χ1n) is 11.3. The molecule has 2 saturated carbocycles. The van der Waals surface area contributed by atoms with Crippen molar-refractivity contribution < 1.29 is 0 Å². The molecule has 4 heteroatoms. The molecule has 2 aromatic rings. The average molecular weight is 369 g/mol. The highest BCUT2D eigenvalue weighted by Gasteiger charge is 2.18. The maximum Gasteiger partial charge on any atom is 0.107 e. The van der Waals surface area contributed by atoms with Gasteiger partial charge >= 0.3 is 0 Å². The average Bonchev–Trinajstić information content (AvgIpc) is 3.33. The second-order valence-electron chi connectivity index (χ2n) is 8.94. The Kier molecular flexibility index (Phi) is 5.99. The molecular formula is C23H36N4. The molecule has 2 heterocycles. The van der Waals surface area contributed by atoms with Gasteiger partial charge < -0.3 is 9.13 Å². The summed E-state index contributed by atoms with van der Waals surface area (Å²) >= 11 is 0. The molecule has 148 valence electrons. The van der Waals surface area contributed by atoms with Gasteiger partial charge in [0.25, 0.3) is 0 Å². The van der Waals surface area contributed by atoms with Crippen LogP contribution in [0, 0.1) is 25.7 Å². The van der Waals surface area contributed by atoms with Crippen LogP contribution in [0.1, 0.15) is 82.3 Å². The van der Waals surface area contributed by atoms with Crippen molar-refractivity contribution in [1.82, 2.24) is 19.1 Å². The summed E-state index contributed by atoms with van der Waals surface area (Å²) in [5.74, 6) is 4.22. The van der Waals surface area contributed by atoms with Crippen LogP contribution in [-0.2, 0) is 13.1 Å². The molecule has 2 fully saturated rings. The summed E-state index contributed by atoms with van der Waals surface area (Å²) in [5.41, 5.74) is 2.29. The van der Waals surface area contributed by atoms with Gasteiger partial charge in [-0.3, -0.25) is 0 Å². The van der Waals surface area contributed by atoms with Gasteiger partial charge in [-0.15, -0.1) is 0 Å². The first-order chi connectivity index (χ1) is 13.2. The smallest absolute Gasteiger partial charge is 0.107 e. The highest BCUT2D eigenvalue weighted by molar-refractivity contribution is 5.53. The van der Waals surface area contributed by atoms with Crippen molar-refractivity contribution in [2.24, 2.45) is 11.8 Å². The molecule has 0 aliphatic heterocycles. The summed E-state index contributed by atoms with van der Waals surface area (Å²) in [5, 5.41) is 0. The summed E-state index contributed by atoms with van der Waals surface area (Å²) in [6.45, 7) is 6.44. The number of aromatic nitrogens is 4. The number of aryl methyl sites for hydroxylation is 3. The molecule has 0 unspecified atom stereocenters. The van der Waals surface area contributed by atoms with E-state index in [-0.39, 0.29) is 0 Å². The van der Waals surface area contributed by atoms with E-state index in [0.717, 1.165) is 42.3 Å². The third-order valence-corrected chi connectivity index (χ3v) is 7.00. The fourth-order valence-corrected chi connectivity index (χ4v) is 4.98. The Hall–Kier alpha value is -1.58. The molecule has 4 rings (SSSR count). The summed E-state index contributed by atoms with van der Waals surface area (Å²) < 4.78 is 4.73. The lowest BCUT2D eigenvalue weighted by atomic mass is 9.82. The molecule has 0 aromatic carbocycles. The molecule has 2 aliphatic rings. The number of rotatable bonds is 9. The van der Waals surface area contributed by atoms with Gasteiger partial charge in [-0.05, 0) is 51.4 Å². The van der Waals surface area contributed by atoms with Gasteiger partial charge in [-0.25, -0.2) is 9.97 Å². The topological polar surface area (TPSA) is 35.6 Å². The highest BCUT2D eigenvalue weighted by Crippen LogP contribution is 2.31. The number of hydrogen-bond donors (Lipinski definition) is 0. The maximum atomic E-state index is 4.87. The van der Waals surface area contributed by atoms with Gasteiger partial charge in [0.2, 0.25) is 0 Å². The van der Waals surface area contributed by atoms with Crippen LogP contribution < -0.4 is 0 Å². The number of nitrogens with zero attached hydrogens (tertiary/aromatic N) is 4. The van der Waals surface area contributed by atoms with Gasteiger partial charge in [0.1, 0.15) is 17.3 Å². The molecule has 0 radical (unpaired) electrons. The normalized spacial score (nSPS) is 18.3. The zero-order valence-corrected chi connectivity index (χ0v) is 17.3. The van der Waals surface area contributed by atoms with Crippen LogP contribution in [0.2, 0.25) is 0 Å². The molecule has 0 amide bonds. The first kappa shape index (κ1) is 18.8. The largest absolute Gasteiger partial charge is 0.334 e. The molecule has 2 aliphatic carbocycles. The molecular weight excluding hydrogens is 332 g/mol. The van der Waals surface area contributed by atoms with E-state index in [1.54, 1.807) is 0 Å². The molecule has 2 aromatic heterocycles. The molecule has 0 N–H and O–H groups in total. The van der Waals surface area contributed by atoms with Crippen LogP contribution in [0.25, 0.3) is 11.4 Å². The van der Waals surface area contributed by atoms with E-state index in [0.29, 0.717) is 0 Å². The molecule has 27 heavy (non-hydrogen) atoms. The van der Waals surface area contributed by atoms with E-state index in [2.05, 4.69) is 34.2 Å². The Morgan fingerprint density at radius 2 is 1.56 bits per heavy atom. The first-order valence-corrected chi connectivity index (χ1v) is 11.3. The van der Waals surface area contributed by atoms with Gasteiger partial charge in [0.05, 0.1) is 11.9 Å². The Balaban J connectivity index is 1.37. The summed E-state index contributed by atoms with van der Waals surface area (Å²) in [6.07, 6.45) is 19.7. The lowest BCUT2D eigenvalue weighted by Crippen LogP contribution is -2.11. The van der Waals surface area contributed by atoms with Crippen LogP contribution in [0.15, 0.2) is 12.4 Å². The van der Waals surface area contributed by atoms with Crippen LogP contribution in [0.5, 0.6) is 0 Å². The molecule has 0 atom stereocenters. The van der Waals surface area contributed by atoms with Crippen molar-refractivity contribution in [3.63, 3.8) is 0 Å². The van der Waals surface area contributed by atoms with E-state index < -0.39 is 0 Å². The van der Waals surface area contributed by atoms with E-state index >= 15 is 0 Å². The highest BCUT2D eigenvalue weighted by atomic mass is 15.1. The Labute approximate surface area is 164 Å². The van der Waals surface area contributed by atoms with Crippen LogP contribution in [0.4, 0.5) is 0 Å². The van der Waals surface area contributed by atoms with Gasteiger partial charge in [-0.2, -0.15) is 0 Å². The minimum Gasteiger partial charge on any atom is -0.334 e. The van der Waals surface area contributed by atoms with Crippen LogP contribution in [-0.4, -0.2) is 19.1 Å². The van der Waals surface area contributed by atoms with E-state index in [9.17, 15) is 0 Å². The van der Waals surface area contributed by atoms with Crippen molar-refractivity contribution in [3.8, 4) is 11.4 Å². The summed E-state index contributed by atoms with van der Waals surface area (Å²) in [4.78, 5) is 9.47. The number of imidazole rings is 2. The Morgan fingerprint density at radius 1 is 0.889 bits per heavy atom. The van der Waals surface area contributed by atoms with E-state index in [1.807, 2.05) is 6.20 Å². The van der Waals surface area contributed by atoms with Crippen molar-refractivity contribution in [2.75, 3.05) is 0 Å².